The number of benzene rings is 7. The molecule has 2 aromatic heterocycles. The molecule has 0 fully saturated rings. The van der Waals surface area contributed by atoms with Crippen LogP contribution in [-0.4, -0.2) is 38.3 Å². The first kappa shape index (κ1) is 78.9. The SMILES string of the molecule is CC(C)(C)CC(C)(C)C1=CC(n2c3ccc(C(C)(C)C)cc3c3cc(C(C)(C)C)ccc32)C(O)(OCCCOc2c(Br)cc(Cl)cc2-c2cc(C(C)(C)CC(C)(C)C)cc(-n3c4ccc(C(C)(C)C)cc4c4cc(C(C)(C)C)ccc43)c2O)C(c2cc(Cl)cc(Br)c2)=C1.[CH3-].[CH3-].[Hf]. The zero-order valence-corrected chi connectivity index (χ0v) is 70.1. The van der Waals surface area contributed by atoms with E-state index in [4.69, 9.17) is 32.7 Å². The van der Waals surface area contributed by atoms with Crippen molar-refractivity contribution in [1.29, 1.82) is 0 Å². The molecule has 1 aliphatic carbocycles. The van der Waals surface area contributed by atoms with Gasteiger partial charge in [-0.2, -0.15) is 0 Å². The van der Waals surface area contributed by atoms with Crippen molar-refractivity contribution in [1.82, 2.24) is 9.13 Å². The molecule has 2 unspecified atom stereocenters. The third-order valence-corrected chi connectivity index (χ3v) is 20.4. The predicted molar refractivity (Wildman–Crippen MR) is 418 cm³/mol. The number of phenolic OH excluding ortho intramolecular Hbond substituents is 1. The van der Waals surface area contributed by atoms with Gasteiger partial charge >= 0.3 is 0 Å². The van der Waals surface area contributed by atoms with Gasteiger partial charge in [0, 0.05) is 96.1 Å². The number of ether oxygens (including phenoxy) is 2. The number of phenols is 1. The Hall–Kier alpha value is -4.45. The normalized spacial score (nSPS) is 16.2. The van der Waals surface area contributed by atoms with Crippen LogP contribution in [-0.2, 0) is 57.7 Å². The van der Waals surface area contributed by atoms with E-state index >= 15 is 0 Å². The Morgan fingerprint density at radius 3 is 1.39 bits per heavy atom. The van der Waals surface area contributed by atoms with Crippen molar-refractivity contribution < 1.29 is 45.5 Å². The van der Waals surface area contributed by atoms with Crippen molar-refractivity contribution in [3.63, 3.8) is 0 Å². The summed E-state index contributed by atoms with van der Waals surface area (Å²) in [5.41, 5.74) is 13.3. The van der Waals surface area contributed by atoms with Gasteiger partial charge in [-0.3, -0.25) is 0 Å². The van der Waals surface area contributed by atoms with Crippen LogP contribution in [0.3, 0.4) is 0 Å². The van der Waals surface area contributed by atoms with Gasteiger partial charge in [0.05, 0.1) is 34.4 Å². The van der Waals surface area contributed by atoms with Crippen molar-refractivity contribution in [3.8, 4) is 28.3 Å². The van der Waals surface area contributed by atoms with Crippen LogP contribution < -0.4 is 4.74 Å². The second-order valence-electron chi connectivity index (χ2n) is 34.6. The third kappa shape index (κ3) is 16.1. The van der Waals surface area contributed by atoms with Gasteiger partial charge in [-0.15, -0.1) is 0 Å². The Morgan fingerprint density at radius 2 is 0.938 bits per heavy atom. The van der Waals surface area contributed by atoms with Crippen LogP contribution in [0, 0.1) is 31.1 Å². The average Bonchev–Trinajstić information content (AvgIpc) is 1.45. The molecule has 514 valence electrons. The number of hydrogen-bond donors (Lipinski definition) is 2. The number of aromatic hydroxyl groups is 1. The van der Waals surface area contributed by atoms with Crippen LogP contribution >= 0.6 is 55.1 Å². The molecule has 96 heavy (non-hydrogen) atoms. The summed E-state index contributed by atoms with van der Waals surface area (Å²) in [5.74, 6) is -1.31. The number of aromatic nitrogens is 2. The van der Waals surface area contributed by atoms with E-state index in [1.807, 2.05) is 30.3 Å². The van der Waals surface area contributed by atoms with Crippen LogP contribution in [0.5, 0.6) is 11.5 Å². The number of rotatable bonds is 14. The van der Waals surface area contributed by atoms with Gasteiger partial charge in [-0.1, -0.05) is 222 Å². The van der Waals surface area contributed by atoms with Gasteiger partial charge in [0.2, 0.25) is 5.79 Å². The number of halogens is 4. The van der Waals surface area contributed by atoms with E-state index in [0.717, 1.165) is 77.6 Å². The molecule has 2 N–H and O–H groups in total. The first-order valence-electron chi connectivity index (χ1n) is 33.2. The topological polar surface area (TPSA) is 68.8 Å². The van der Waals surface area contributed by atoms with E-state index in [1.165, 1.54) is 22.3 Å². The van der Waals surface area contributed by atoms with Crippen LogP contribution in [0.4, 0.5) is 0 Å². The zero-order chi connectivity index (χ0) is 68.5. The van der Waals surface area contributed by atoms with Crippen LogP contribution in [0.1, 0.15) is 211 Å². The Labute approximate surface area is 622 Å². The van der Waals surface area contributed by atoms with Gasteiger partial charge in [0.1, 0.15) is 17.5 Å². The summed E-state index contributed by atoms with van der Waals surface area (Å²) >= 11 is 21.8. The molecular weight excluding hydrogens is 1520 g/mol. The summed E-state index contributed by atoms with van der Waals surface area (Å²) in [6.45, 7) is 50.3. The quantitative estimate of drug-likeness (QED) is 0.0493. The smallest absolute Gasteiger partial charge is 0.218 e. The molecule has 11 heteroatoms. The molecule has 2 atom stereocenters. The van der Waals surface area contributed by atoms with Crippen LogP contribution in [0.2, 0.25) is 10.0 Å². The fourth-order valence-electron chi connectivity index (χ4n) is 14.7. The van der Waals surface area contributed by atoms with Crippen molar-refractivity contribution in [3.05, 3.63) is 200 Å². The van der Waals surface area contributed by atoms with Gasteiger partial charge in [0.25, 0.3) is 0 Å². The molecule has 0 amide bonds. The fraction of sp³-hybridized carbons (Fsp3) is 0.435. The van der Waals surface area contributed by atoms with E-state index < -0.39 is 11.8 Å². The predicted octanol–water partition coefficient (Wildman–Crippen LogP) is 26.1. The number of nitrogens with zero attached hydrogens (tertiary/aromatic N) is 2. The number of fused-ring (bicyclic) bond motifs is 6. The van der Waals surface area contributed by atoms with Gasteiger partial charge in [-0.05, 0) is 208 Å². The van der Waals surface area contributed by atoms with Gasteiger partial charge in [0.15, 0.2) is 0 Å². The summed E-state index contributed by atoms with van der Waals surface area (Å²) in [6, 6.07) is 40.4. The Balaban J connectivity index is 0.00000433. The zero-order valence-electron chi connectivity index (χ0n) is 61.9. The second-order valence-corrected chi connectivity index (χ2v) is 37.2. The largest absolute Gasteiger partial charge is 0.505 e. The molecule has 1 aliphatic rings. The molecule has 0 aliphatic heterocycles. The first-order chi connectivity index (χ1) is 42.8. The summed E-state index contributed by atoms with van der Waals surface area (Å²) < 4.78 is 20.3. The standard InChI is InChI=1S/C83H100Br2Cl2N2O4.2CH3.Hf/c1-75(2,3)47-81(19,20)54-40-63(73(90)71(42-54)88-67-28-24-50(77(7,8)9)36-59(67)60-37-51(78(10,11)12)25-29-68(60)88)64-45-58(87)46-66(85)74(64)92-32-23-33-93-83(91)65(49-34-56(84)44-57(86)35-49)41-55(82(21,22)48-76(4,5)6)43-72(83)89-69-30-26-52(79(13,14)15)38-61(69)62-39-53(80(16,17)18)27-31-70(62)89;;;/h24-31,34-46,72,90-91H,23,32-33,47-48H2,1-22H3;2*1H3;/q;2*-1;. The summed E-state index contributed by atoms with van der Waals surface area (Å²) in [6.07, 6.45) is 6.55. The Morgan fingerprint density at radius 1 is 0.500 bits per heavy atom. The number of hydrogen-bond acceptors (Lipinski definition) is 4. The van der Waals surface area contributed by atoms with Gasteiger partial charge in [-0.25, -0.2) is 0 Å². The summed E-state index contributed by atoms with van der Waals surface area (Å²) in [5, 5.41) is 33.1. The molecular formula is C85H106Br2Cl2HfN2O4-2. The molecule has 10 rings (SSSR count). The van der Waals surface area contributed by atoms with E-state index in [1.54, 1.807) is 0 Å². The molecule has 6 nitrogen and oxygen atoms in total. The molecule has 0 spiro atoms. The fourth-order valence-corrected chi connectivity index (χ4v) is 16.5. The molecule has 0 saturated heterocycles. The minimum Gasteiger partial charge on any atom is -0.505 e. The minimum absolute atomic E-state index is 0. The van der Waals surface area contributed by atoms with Crippen molar-refractivity contribution >= 4 is 104 Å². The Kier molecular flexibility index (Phi) is 22.9. The van der Waals surface area contributed by atoms with E-state index in [0.29, 0.717) is 49.1 Å². The minimum atomic E-state index is -1.94. The number of allylic oxidation sites excluding steroid dienone is 2. The third-order valence-electron chi connectivity index (χ3n) is 18.9. The molecule has 0 bridgehead atoms. The van der Waals surface area contributed by atoms with Crippen molar-refractivity contribution in [2.24, 2.45) is 16.2 Å². The Bertz CT molecular complexity index is 4300. The van der Waals surface area contributed by atoms with E-state index in [-0.39, 0.29) is 103 Å². The maximum absolute atomic E-state index is 14.3. The molecule has 7 aromatic carbocycles. The second kappa shape index (κ2) is 27.8. The average molecular weight is 1630 g/mol. The maximum atomic E-state index is 14.3. The first-order valence-corrected chi connectivity index (χ1v) is 35.6. The molecule has 2 heterocycles. The molecule has 9 aromatic rings. The summed E-state index contributed by atoms with van der Waals surface area (Å²) in [4.78, 5) is 0. The van der Waals surface area contributed by atoms with Gasteiger partial charge < -0.3 is 43.7 Å². The molecule has 0 saturated carbocycles. The van der Waals surface area contributed by atoms with Crippen molar-refractivity contribution in [2.75, 3.05) is 13.2 Å². The van der Waals surface area contributed by atoms with Crippen molar-refractivity contribution in [2.45, 2.75) is 210 Å². The van der Waals surface area contributed by atoms with E-state index in [9.17, 15) is 10.2 Å². The molecule has 0 radical (unpaired) electrons. The van der Waals surface area contributed by atoms with Crippen LogP contribution in [0.15, 0.2) is 142 Å². The van der Waals surface area contributed by atoms with Crippen LogP contribution in [0.25, 0.3) is 66.0 Å². The monoisotopic (exact) mass is 1630 g/mol. The summed E-state index contributed by atoms with van der Waals surface area (Å²) in [7, 11) is 0. The number of aliphatic hydroxyl groups is 1. The van der Waals surface area contributed by atoms with E-state index in [2.05, 4.69) is 290 Å². The maximum Gasteiger partial charge on any atom is 0.218 e.